The zero-order chi connectivity index (χ0) is 28.1. The van der Waals surface area contributed by atoms with E-state index in [-0.39, 0.29) is 6.10 Å². The van der Waals surface area contributed by atoms with Crippen LogP contribution in [0, 0.1) is 40.4 Å². The summed E-state index contributed by atoms with van der Waals surface area (Å²) in [6.07, 6.45) is 15.5. The van der Waals surface area contributed by atoms with Crippen LogP contribution in [0.5, 0.6) is 5.88 Å². The van der Waals surface area contributed by atoms with Gasteiger partial charge in [-0.15, -0.1) is 0 Å². The number of amides is 1. The van der Waals surface area contributed by atoms with Gasteiger partial charge < -0.3 is 19.6 Å². The minimum Gasteiger partial charge on any atom is -0.480 e. The smallest absolute Gasteiger partial charge is 0.237 e. The number of aliphatic hydroxyl groups excluding tert-OH is 1. The normalized spacial score (nSPS) is 38.1. The second kappa shape index (κ2) is 11.0. The fourth-order valence-corrected chi connectivity index (χ4v) is 10.3. The van der Waals surface area contributed by atoms with Crippen LogP contribution in [-0.4, -0.2) is 60.3 Å². The Kier molecular flexibility index (Phi) is 7.69. The van der Waals surface area contributed by atoms with E-state index in [1.54, 1.807) is 18.9 Å². The van der Waals surface area contributed by atoms with Gasteiger partial charge in [0, 0.05) is 38.8 Å². The first-order chi connectivity index (χ1) is 19.2. The summed E-state index contributed by atoms with van der Waals surface area (Å²) in [5.74, 6) is 4.71. The Morgan fingerprint density at radius 1 is 1.12 bits per heavy atom. The van der Waals surface area contributed by atoms with Crippen LogP contribution in [0.25, 0.3) is 0 Å². The highest BCUT2D eigenvalue weighted by Crippen LogP contribution is 2.67. The average Bonchev–Trinajstić information content (AvgIpc) is 3.33. The number of hydrogen-bond acceptors (Lipinski definition) is 5. The number of pyridine rings is 1. The molecule has 3 saturated carbocycles. The minimum atomic E-state index is -0.127. The van der Waals surface area contributed by atoms with Gasteiger partial charge in [0.1, 0.15) is 0 Å². The summed E-state index contributed by atoms with van der Waals surface area (Å²) in [7, 11) is 1.66. The Hall–Kier alpha value is -2.08. The van der Waals surface area contributed by atoms with E-state index < -0.39 is 0 Å². The maximum atomic E-state index is 13.3. The van der Waals surface area contributed by atoms with Crippen LogP contribution in [0.3, 0.4) is 0 Å². The molecule has 0 unspecified atom stereocenters. The van der Waals surface area contributed by atoms with Gasteiger partial charge in [-0.2, -0.15) is 0 Å². The summed E-state index contributed by atoms with van der Waals surface area (Å²) in [4.78, 5) is 22.0. The average molecular weight is 550 g/mol. The van der Waals surface area contributed by atoms with Crippen LogP contribution in [0.15, 0.2) is 30.0 Å². The van der Waals surface area contributed by atoms with E-state index in [9.17, 15) is 9.90 Å². The van der Waals surface area contributed by atoms with Gasteiger partial charge >= 0.3 is 0 Å². The molecule has 0 spiro atoms. The van der Waals surface area contributed by atoms with Gasteiger partial charge in [-0.05, 0) is 110 Å². The quantitative estimate of drug-likeness (QED) is 0.435. The summed E-state index contributed by atoms with van der Waals surface area (Å²) in [5, 5.41) is 10.3. The molecule has 1 saturated heterocycles. The van der Waals surface area contributed by atoms with E-state index in [0.29, 0.717) is 35.0 Å². The fourth-order valence-electron chi connectivity index (χ4n) is 10.3. The Morgan fingerprint density at radius 2 is 1.93 bits per heavy atom. The number of anilines is 1. The van der Waals surface area contributed by atoms with E-state index in [1.807, 2.05) is 6.07 Å². The van der Waals surface area contributed by atoms with Crippen LogP contribution in [0.4, 0.5) is 5.69 Å². The zero-order valence-corrected chi connectivity index (χ0v) is 25.3. The fraction of sp³-hybridized carbons (Fsp3) is 0.765. The van der Waals surface area contributed by atoms with Crippen molar-refractivity contribution in [3.63, 3.8) is 0 Å². The van der Waals surface area contributed by atoms with Gasteiger partial charge in [-0.1, -0.05) is 32.4 Å². The Balaban J connectivity index is 1.04. The van der Waals surface area contributed by atoms with E-state index >= 15 is 0 Å². The van der Waals surface area contributed by atoms with Crippen molar-refractivity contribution in [1.29, 1.82) is 0 Å². The second-order valence-corrected chi connectivity index (χ2v) is 14.3. The molecule has 220 valence electrons. The van der Waals surface area contributed by atoms with Crippen LogP contribution in [0.1, 0.15) is 85.0 Å². The number of hydrogen-bond donors (Lipinski definition) is 1. The predicted molar refractivity (Wildman–Crippen MR) is 159 cm³/mol. The topological polar surface area (TPSA) is 65.9 Å². The third-order valence-corrected chi connectivity index (χ3v) is 12.6. The molecule has 6 heteroatoms. The monoisotopic (exact) mass is 549 g/mol. The van der Waals surface area contributed by atoms with E-state index in [4.69, 9.17) is 4.74 Å². The summed E-state index contributed by atoms with van der Waals surface area (Å²) >= 11 is 0. The van der Waals surface area contributed by atoms with Crippen molar-refractivity contribution in [3.05, 3.63) is 30.0 Å². The van der Waals surface area contributed by atoms with Crippen LogP contribution in [-0.2, 0) is 4.79 Å². The van der Waals surface area contributed by atoms with Crippen molar-refractivity contribution >= 4 is 11.6 Å². The number of aliphatic hydroxyl groups is 1. The molecular formula is C34H51N3O3. The summed E-state index contributed by atoms with van der Waals surface area (Å²) in [5.41, 5.74) is 3.31. The van der Waals surface area contributed by atoms with Crippen molar-refractivity contribution in [2.45, 2.75) is 91.1 Å². The van der Waals surface area contributed by atoms with E-state index in [1.165, 1.54) is 32.1 Å². The Labute approximate surface area is 241 Å². The lowest BCUT2D eigenvalue weighted by atomic mass is 9.47. The molecule has 4 fully saturated rings. The number of carbonyl (C=O) groups is 1. The number of rotatable bonds is 6. The molecule has 0 radical (unpaired) electrons. The van der Waals surface area contributed by atoms with Gasteiger partial charge in [0.15, 0.2) is 0 Å². The maximum absolute atomic E-state index is 13.3. The number of ether oxygens (including phenoxy) is 1. The highest BCUT2D eigenvalue weighted by molar-refractivity contribution is 5.76. The van der Waals surface area contributed by atoms with Gasteiger partial charge in [-0.3, -0.25) is 4.79 Å². The maximum Gasteiger partial charge on any atom is 0.237 e. The minimum absolute atomic E-state index is 0.127. The molecule has 0 bridgehead atoms. The van der Waals surface area contributed by atoms with Crippen molar-refractivity contribution in [1.82, 2.24) is 9.88 Å². The second-order valence-electron chi connectivity index (χ2n) is 14.3. The molecule has 5 aliphatic rings. The number of methoxy groups -OCH3 is 1. The number of allylic oxidation sites excluding steroid dienone is 1. The molecule has 2 heterocycles. The van der Waals surface area contributed by atoms with Crippen LogP contribution in [0.2, 0.25) is 0 Å². The molecule has 6 nitrogen and oxygen atoms in total. The number of aromatic nitrogens is 1. The van der Waals surface area contributed by atoms with Crippen LogP contribution >= 0.6 is 0 Å². The largest absolute Gasteiger partial charge is 0.480 e. The van der Waals surface area contributed by atoms with Crippen molar-refractivity contribution < 1.29 is 14.6 Å². The molecule has 40 heavy (non-hydrogen) atoms. The SMILES string of the molecule is COc1ncccc1N1CCN(C(=O)CC[C@@H](C)[C@H]2CC[C@H]3[C@@H]4CC=C5C[C@@H](O)CC[C@]5(C)[C@H]4CC[C@]23C)CC1. The number of nitrogens with zero attached hydrogens (tertiary/aromatic N) is 3. The van der Waals surface area contributed by atoms with Crippen molar-refractivity contribution in [2.75, 3.05) is 38.2 Å². The first-order valence-corrected chi connectivity index (χ1v) is 16.1. The lowest BCUT2D eigenvalue weighted by Crippen LogP contribution is -2.51. The number of fused-ring (bicyclic) bond motifs is 5. The highest BCUT2D eigenvalue weighted by Gasteiger charge is 2.59. The molecule has 1 aromatic rings. The van der Waals surface area contributed by atoms with Gasteiger partial charge in [0.25, 0.3) is 0 Å². The molecule has 1 amide bonds. The summed E-state index contributed by atoms with van der Waals surface area (Å²) in [6, 6.07) is 4.00. The zero-order valence-electron chi connectivity index (χ0n) is 25.3. The highest BCUT2D eigenvalue weighted by atomic mass is 16.5. The third kappa shape index (κ3) is 4.76. The molecule has 1 N–H and O–H groups in total. The molecule has 1 aromatic heterocycles. The van der Waals surface area contributed by atoms with Gasteiger partial charge in [0.2, 0.25) is 11.8 Å². The number of carbonyl (C=O) groups excluding carboxylic acids is 1. The Morgan fingerprint density at radius 3 is 2.70 bits per heavy atom. The molecular weight excluding hydrogens is 498 g/mol. The van der Waals surface area contributed by atoms with Crippen molar-refractivity contribution in [3.8, 4) is 5.88 Å². The molecule has 6 rings (SSSR count). The van der Waals surface area contributed by atoms with Crippen LogP contribution < -0.4 is 9.64 Å². The molecule has 0 aromatic carbocycles. The van der Waals surface area contributed by atoms with Crippen molar-refractivity contribution in [2.24, 2.45) is 40.4 Å². The lowest BCUT2D eigenvalue weighted by molar-refractivity contribution is -0.132. The third-order valence-electron chi connectivity index (χ3n) is 12.6. The summed E-state index contributed by atoms with van der Waals surface area (Å²) < 4.78 is 5.45. The molecule has 4 aliphatic carbocycles. The summed E-state index contributed by atoms with van der Waals surface area (Å²) in [6.45, 7) is 10.8. The van der Waals surface area contributed by atoms with E-state index in [2.05, 4.69) is 47.7 Å². The standard InChI is InChI=1S/C34H51N3O3/c1-23(7-12-31(39)37-20-18-36(19-21-37)30-6-5-17-35-32(30)40-4)27-10-11-28-26-9-8-24-22-25(38)13-15-33(24,2)29(26)14-16-34(27,28)3/h5-6,8,17,23,25-29,38H,7,9-16,18-22H2,1-4H3/t23-,25+,26+,27-,28+,29+,33+,34-/m1/s1. The lowest BCUT2D eigenvalue weighted by Gasteiger charge is -2.58. The van der Waals surface area contributed by atoms with Gasteiger partial charge in [0.05, 0.1) is 18.9 Å². The molecule has 1 aliphatic heterocycles. The Bertz CT molecular complexity index is 1110. The van der Waals surface area contributed by atoms with Gasteiger partial charge in [-0.25, -0.2) is 4.98 Å². The van der Waals surface area contributed by atoms with E-state index in [0.717, 1.165) is 81.2 Å². The first-order valence-electron chi connectivity index (χ1n) is 16.1. The molecule has 8 atom stereocenters. The predicted octanol–water partition coefficient (Wildman–Crippen LogP) is 6.10. The first kappa shape index (κ1) is 28.1. The number of piperazine rings is 1.